The van der Waals surface area contributed by atoms with Crippen LogP contribution in [0.5, 0.6) is 0 Å². The molecule has 2 amide bonds. The minimum absolute atomic E-state index is 0.160. The molecule has 1 rings (SSSR count). The first kappa shape index (κ1) is 43.4. The topological polar surface area (TPSA) is 171 Å². The number of carbonyl (C=O) groups is 4. The van der Waals surface area contributed by atoms with E-state index in [4.69, 9.17) is 9.47 Å². The van der Waals surface area contributed by atoms with Gasteiger partial charge < -0.3 is 35.4 Å². The van der Waals surface area contributed by atoms with Crippen LogP contribution in [0.15, 0.2) is 23.8 Å². The maximum atomic E-state index is 12.8. The number of β-amino-alcohol motifs (C(OH)–C–C–N with tert-alkyl or cyclic N) is 1. The molecule has 1 aliphatic rings. The van der Waals surface area contributed by atoms with Gasteiger partial charge in [-0.3, -0.25) is 19.2 Å². The third kappa shape index (κ3) is 19.4. The van der Waals surface area contributed by atoms with Gasteiger partial charge in [0.2, 0.25) is 5.91 Å². The number of rotatable bonds is 5. The Morgan fingerprint density at radius 1 is 0.875 bits per heavy atom. The quantitative estimate of drug-likeness (QED) is 0.265. The second-order valence-electron chi connectivity index (χ2n) is 13.5. The molecule has 0 saturated carbocycles. The van der Waals surface area contributed by atoms with Crippen molar-refractivity contribution in [2.75, 3.05) is 26.8 Å². The predicted molar refractivity (Wildman–Crippen MR) is 186 cm³/mol. The Morgan fingerprint density at radius 2 is 1.60 bits per heavy atom. The number of esters is 1. The number of aliphatic hydroxyl groups is 3. The van der Waals surface area contributed by atoms with E-state index in [-0.39, 0.29) is 55.9 Å². The van der Waals surface area contributed by atoms with Crippen LogP contribution in [-0.2, 0) is 28.7 Å². The average molecular weight is 681 g/mol. The fourth-order valence-electron chi connectivity index (χ4n) is 5.92. The number of ketones is 1. The number of amides is 2. The highest BCUT2D eigenvalue weighted by atomic mass is 16.5. The van der Waals surface area contributed by atoms with Crippen LogP contribution >= 0.6 is 0 Å². The van der Waals surface area contributed by atoms with E-state index in [2.05, 4.69) is 30.6 Å². The molecule has 0 aliphatic carbocycles. The van der Waals surface area contributed by atoms with Crippen molar-refractivity contribution in [3.05, 3.63) is 23.8 Å². The highest BCUT2D eigenvalue weighted by Gasteiger charge is 2.25. The summed E-state index contributed by atoms with van der Waals surface area (Å²) in [6, 6.07) is 0. The molecular weight excluding hydrogens is 616 g/mol. The van der Waals surface area contributed by atoms with Gasteiger partial charge in [0, 0.05) is 38.8 Å². The molecule has 1 aliphatic heterocycles. The summed E-state index contributed by atoms with van der Waals surface area (Å²) in [5.41, 5.74) is 0.952. The van der Waals surface area contributed by atoms with Crippen LogP contribution in [0, 0.1) is 17.8 Å². The van der Waals surface area contributed by atoms with Crippen LogP contribution in [-0.4, -0.2) is 90.1 Å². The number of hydrogen-bond acceptors (Lipinski definition) is 9. The molecule has 0 aromatic heterocycles. The molecule has 0 radical (unpaired) electrons. The maximum absolute atomic E-state index is 12.8. The second kappa shape index (κ2) is 25.4. The molecule has 7 atom stereocenters. The lowest BCUT2D eigenvalue weighted by molar-refractivity contribution is -0.156. The van der Waals surface area contributed by atoms with E-state index < -0.39 is 36.3 Å². The van der Waals surface area contributed by atoms with Gasteiger partial charge in [-0.25, -0.2) is 0 Å². The molecule has 1 heterocycles. The average Bonchev–Trinajstić information content (AvgIpc) is 3.05. The predicted octanol–water partition coefficient (Wildman–Crippen LogP) is 4.31. The summed E-state index contributed by atoms with van der Waals surface area (Å²) in [6.07, 6.45) is 10.1. The number of ether oxygens (including phenoxy) is 2. The van der Waals surface area contributed by atoms with Crippen molar-refractivity contribution >= 4 is 23.6 Å². The highest BCUT2D eigenvalue weighted by Crippen LogP contribution is 2.20. The van der Waals surface area contributed by atoms with Crippen molar-refractivity contribution in [2.24, 2.45) is 17.8 Å². The first-order valence-corrected chi connectivity index (χ1v) is 18.1. The zero-order valence-electron chi connectivity index (χ0n) is 30.1. The molecule has 11 nitrogen and oxygen atoms in total. The summed E-state index contributed by atoms with van der Waals surface area (Å²) < 4.78 is 10.7. The van der Waals surface area contributed by atoms with E-state index in [1.165, 1.54) is 0 Å². The normalized spacial score (nSPS) is 31.7. The SMILES string of the molecule is CCC[C@@H]1OC(=O)CNC(=O)[C@@H](C)C[C@H](C)CCCCC(=O)CCC[C@@H](CC)/C=C/C=C(\COC)CC[C@@H](O)[C@@H](O)C[C@H](O)CNC1=O. The zero-order chi connectivity index (χ0) is 35.9. The lowest BCUT2D eigenvalue weighted by Crippen LogP contribution is -2.44. The third-order valence-electron chi connectivity index (χ3n) is 8.96. The number of aliphatic hydroxyl groups excluding tert-OH is 3. The van der Waals surface area contributed by atoms with Crippen LogP contribution in [0.2, 0.25) is 0 Å². The molecule has 0 fully saturated rings. The molecule has 0 aromatic rings. The van der Waals surface area contributed by atoms with Gasteiger partial charge in [0.25, 0.3) is 5.91 Å². The minimum atomic E-state index is -1.22. The highest BCUT2D eigenvalue weighted by molar-refractivity contribution is 5.86. The number of nitrogens with one attached hydrogen (secondary N) is 2. The van der Waals surface area contributed by atoms with Gasteiger partial charge in [-0.15, -0.1) is 0 Å². The maximum Gasteiger partial charge on any atom is 0.326 e. The summed E-state index contributed by atoms with van der Waals surface area (Å²) in [4.78, 5) is 50.4. The Kier molecular flexibility index (Phi) is 23.0. The van der Waals surface area contributed by atoms with Crippen LogP contribution < -0.4 is 10.6 Å². The molecule has 11 heteroatoms. The van der Waals surface area contributed by atoms with E-state index in [1.807, 2.05) is 26.0 Å². The van der Waals surface area contributed by atoms with Crippen LogP contribution in [0.25, 0.3) is 0 Å². The van der Waals surface area contributed by atoms with Crippen LogP contribution in [0.3, 0.4) is 0 Å². The van der Waals surface area contributed by atoms with Crippen molar-refractivity contribution in [2.45, 2.75) is 142 Å². The van der Waals surface area contributed by atoms with E-state index in [0.29, 0.717) is 44.6 Å². The molecule has 0 spiro atoms. The first-order valence-electron chi connectivity index (χ1n) is 18.1. The van der Waals surface area contributed by atoms with Crippen molar-refractivity contribution in [1.82, 2.24) is 10.6 Å². The van der Waals surface area contributed by atoms with Crippen molar-refractivity contribution in [1.29, 1.82) is 0 Å². The summed E-state index contributed by atoms with van der Waals surface area (Å²) >= 11 is 0. The van der Waals surface area contributed by atoms with E-state index in [0.717, 1.165) is 44.1 Å². The number of allylic oxidation sites excluding steroid dienone is 3. The molecule has 0 bridgehead atoms. The summed E-state index contributed by atoms with van der Waals surface area (Å²) in [7, 11) is 1.60. The van der Waals surface area contributed by atoms with Gasteiger partial charge in [0.1, 0.15) is 12.3 Å². The number of Topliss-reactive ketones (excluding diaryl/α,β-unsaturated/α-hetero) is 1. The molecule has 5 N–H and O–H groups in total. The fourth-order valence-corrected chi connectivity index (χ4v) is 5.92. The first-order chi connectivity index (χ1) is 22.9. The van der Waals surface area contributed by atoms with E-state index in [9.17, 15) is 34.5 Å². The van der Waals surface area contributed by atoms with Gasteiger partial charge in [-0.2, -0.15) is 0 Å². The van der Waals surface area contributed by atoms with E-state index in [1.54, 1.807) is 7.11 Å². The Balaban J connectivity index is 2.95. The smallest absolute Gasteiger partial charge is 0.326 e. The summed E-state index contributed by atoms with van der Waals surface area (Å²) in [6.45, 7) is 7.68. The fraction of sp³-hybridized carbons (Fsp3) is 0.784. The number of carbonyl (C=O) groups excluding carboxylic acids is 4. The number of methoxy groups -OCH3 is 1. The zero-order valence-corrected chi connectivity index (χ0v) is 30.1. The summed E-state index contributed by atoms with van der Waals surface area (Å²) in [5.74, 6) is -0.992. The Hall–Kier alpha value is -2.60. The second-order valence-corrected chi connectivity index (χ2v) is 13.5. The Bertz CT molecular complexity index is 1010. The van der Waals surface area contributed by atoms with Crippen LogP contribution in [0.4, 0.5) is 0 Å². The van der Waals surface area contributed by atoms with Crippen molar-refractivity contribution < 1.29 is 44.0 Å². The van der Waals surface area contributed by atoms with Crippen molar-refractivity contribution in [3.8, 4) is 0 Å². The largest absolute Gasteiger partial charge is 0.451 e. The van der Waals surface area contributed by atoms with Gasteiger partial charge in [-0.1, -0.05) is 65.2 Å². The minimum Gasteiger partial charge on any atom is -0.451 e. The lowest BCUT2D eigenvalue weighted by atomic mass is 9.91. The Morgan fingerprint density at radius 3 is 2.29 bits per heavy atom. The molecule has 0 aromatic carbocycles. The monoisotopic (exact) mass is 680 g/mol. The van der Waals surface area contributed by atoms with Gasteiger partial charge in [-0.05, 0) is 68.8 Å². The van der Waals surface area contributed by atoms with Gasteiger partial charge >= 0.3 is 5.97 Å². The molecular formula is C37H64N2O9. The van der Waals surface area contributed by atoms with Crippen molar-refractivity contribution in [3.63, 3.8) is 0 Å². The third-order valence-corrected chi connectivity index (χ3v) is 8.96. The molecule has 276 valence electrons. The summed E-state index contributed by atoms with van der Waals surface area (Å²) in [5, 5.41) is 36.7. The van der Waals surface area contributed by atoms with Gasteiger partial charge in [0.15, 0.2) is 6.10 Å². The van der Waals surface area contributed by atoms with E-state index >= 15 is 0 Å². The lowest BCUT2D eigenvalue weighted by Gasteiger charge is -2.22. The van der Waals surface area contributed by atoms with Crippen LogP contribution in [0.1, 0.15) is 118 Å². The standard InChI is InChI=1S/C37H64N2O9/c1-6-12-34-37(46)38-23-31(41)22-33(43)32(42)20-19-29(25-47-5)16-10-14-28(7-2)15-11-18-30(40)17-9-8-13-26(3)21-27(4)36(45)39-24-35(44)48-34/h10,14,16,26-28,31-34,41-43H,6-9,11-13,15,17-25H2,1-5H3,(H,38,46)(H,39,45)/b14-10+,29-16-/t26-,27+,28+,31+,32-,33+,34+/m1/s1. The number of hydrogen-bond donors (Lipinski definition) is 5. The number of cyclic esters (lactones) is 1. The molecule has 48 heavy (non-hydrogen) atoms. The molecule has 0 saturated heterocycles. The Labute approximate surface area is 288 Å². The van der Waals surface area contributed by atoms with Gasteiger partial charge in [0.05, 0.1) is 24.9 Å². The molecule has 0 unspecified atom stereocenters.